The Morgan fingerprint density at radius 1 is 1.17 bits per heavy atom. The van der Waals surface area contributed by atoms with Crippen LogP contribution in [0.2, 0.25) is 0 Å². The molecule has 0 radical (unpaired) electrons. The van der Waals surface area contributed by atoms with E-state index in [2.05, 4.69) is 29.0 Å². The van der Waals surface area contributed by atoms with Crippen LogP contribution in [0.15, 0.2) is 53.7 Å². The Kier molecular flexibility index (Phi) is 5.67. The summed E-state index contributed by atoms with van der Waals surface area (Å²) in [6.07, 6.45) is -0.815. The number of hydrogen-bond donors (Lipinski definition) is 0. The van der Waals surface area contributed by atoms with Gasteiger partial charge >= 0.3 is 0 Å². The maximum absolute atomic E-state index is 13.5. The van der Waals surface area contributed by atoms with Crippen LogP contribution in [-0.2, 0) is 4.79 Å². The van der Waals surface area contributed by atoms with Gasteiger partial charge in [0.25, 0.3) is 0 Å². The third kappa shape index (κ3) is 4.00. The monoisotopic (exact) mass is 424 g/mol. The van der Waals surface area contributed by atoms with Gasteiger partial charge < -0.3 is 4.74 Å². The van der Waals surface area contributed by atoms with Gasteiger partial charge in [0, 0.05) is 23.8 Å². The second-order valence-electron chi connectivity index (χ2n) is 7.38. The van der Waals surface area contributed by atoms with E-state index < -0.39 is 6.23 Å². The van der Waals surface area contributed by atoms with E-state index >= 15 is 0 Å². The van der Waals surface area contributed by atoms with Crippen molar-refractivity contribution >= 4 is 23.4 Å². The normalized spacial score (nSPS) is 15.2. The number of nitrogens with zero attached hydrogens (tertiary/aromatic N) is 4. The van der Waals surface area contributed by atoms with E-state index in [9.17, 15) is 9.18 Å². The smallest absolute Gasteiger partial charge is 0.247 e. The third-order valence-corrected chi connectivity index (χ3v) is 5.82. The molecule has 154 valence electrons. The lowest BCUT2D eigenvalue weighted by Crippen LogP contribution is -2.36. The molecule has 3 aromatic rings. The number of thioether (sulfide) groups is 1. The fourth-order valence-electron chi connectivity index (χ4n) is 3.20. The summed E-state index contributed by atoms with van der Waals surface area (Å²) in [6, 6.07) is 13.3. The Balaban J connectivity index is 1.86. The summed E-state index contributed by atoms with van der Waals surface area (Å²) in [7, 11) is 0. The number of carbonyl (C=O) groups excluding carboxylic acids is 1. The molecular formula is C22H21FN4O2S. The minimum Gasteiger partial charge on any atom is -0.447 e. The maximum atomic E-state index is 13.5. The van der Waals surface area contributed by atoms with Crippen molar-refractivity contribution in [3.05, 3.63) is 59.9 Å². The lowest BCUT2D eigenvalue weighted by atomic mass is 10.1. The van der Waals surface area contributed by atoms with Crippen LogP contribution in [0.25, 0.3) is 11.3 Å². The molecule has 1 aromatic heterocycles. The van der Waals surface area contributed by atoms with E-state index in [0.717, 1.165) is 5.75 Å². The van der Waals surface area contributed by atoms with Crippen molar-refractivity contribution in [3.63, 3.8) is 0 Å². The minimum absolute atomic E-state index is 0.216. The summed E-state index contributed by atoms with van der Waals surface area (Å²) in [6.45, 7) is 5.70. The van der Waals surface area contributed by atoms with Gasteiger partial charge in [-0.3, -0.25) is 9.69 Å². The lowest BCUT2D eigenvalue weighted by Gasteiger charge is -2.29. The highest BCUT2D eigenvalue weighted by molar-refractivity contribution is 7.99. The number of anilines is 1. The van der Waals surface area contributed by atoms with Crippen molar-refractivity contribution in [3.8, 4) is 17.1 Å². The first-order valence-electron chi connectivity index (χ1n) is 9.63. The van der Waals surface area contributed by atoms with Gasteiger partial charge in [0.1, 0.15) is 5.82 Å². The predicted octanol–water partition coefficient (Wildman–Crippen LogP) is 4.87. The number of amides is 1. The average Bonchev–Trinajstić information content (AvgIpc) is 2.87. The SMILES string of the molecule is CC(=O)N1c2ccccc2-c2nnc(SCC(C)C)nc2O[C@@H]1c1ccc(F)cc1. The Morgan fingerprint density at radius 3 is 2.60 bits per heavy atom. The number of carbonyl (C=O) groups is 1. The molecule has 0 saturated heterocycles. The van der Waals surface area contributed by atoms with Crippen molar-refractivity contribution < 1.29 is 13.9 Å². The average molecular weight is 425 g/mol. The lowest BCUT2D eigenvalue weighted by molar-refractivity contribution is -0.118. The first kappa shape index (κ1) is 20.3. The molecule has 2 heterocycles. The first-order valence-corrected chi connectivity index (χ1v) is 10.6. The molecule has 0 saturated carbocycles. The molecule has 0 unspecified atom stereocenters. The van der Waals surface area contributed by atoms with E-state index in [-0.39, 0.29) is 11.7 Å². The molecule has 0 bridgehead atoms. The van der Waals surface area contributed by atoms with Gasteiger partial charge in [0.2, 0.25) is 23.2 Å². The Labute approximate surface area is 178 Å². The number of halogens is 1. The largest absolute Gasteiger partial charge is 0.447 e. The number of rotatable bonds is 4. The number of ether oxygens (including phenoxy) is 1. The van der Waals surface area contributed by atoms with Crippen molar-refractivity contribution in [2.45, 2.75) is 32.2 Å². The van der Waals surface area contributed by atoms with Crippen LogP contribution in [0.4, 0.5) is 10.1 Å². The van der Waals surface area contributed by atoms with Gasteiger partial charge in [-0.1, -0.05) is 55.9 Å². The van der Waals surface area contributed by atoms with Crippen molar-refractivity contribution in [1.29, 1.82) is 0 Å². The molecule has 6 nitrogen and oxygen atoms in total. The van der Waals surface area contributed by atoms with Crippen molar-refractivity contribution in [2.24, 2.45) is 5.92 Å². The van der Waals surface area contributed by atoms with E-state index in [0.29, 0.717) is 39.5 Å². The molecule has 0 N–H and O–H groups in total. The molecule has 1 aliphatic rings. The van der Waals surface area contributed by atoms with Crippen LogP contribution in [0.1, 0.15) is 32.6 Å². The van der Waals surface area contributed by atoms with Gasteiger partial charge in [0.05, 0.1) is 5.69 Å². The van der Waals surface area contributed by atoms with Crippen LogP contribution in [-0.4, -0.2) is 26.8 Å². The number of fused-ring (bicyclic) bond motifs is 3. The van der Waals surface area contributed by atoms with E-state index in [4.69, 9.17) is 4.74 Å². The summed E-state index contributed by atoms with van der Waals surface area (Å²) in [5.41, 5.74) is 2.43. The van der Waals surface area contributed by atoms with E-state index in [1.165, 1.54) is 35.7 Å². The Bertz CT molecular complexity index is 1070. The highest BCUT2D eigenvalue weighted by Gasteiger charge is 2.34. The number of hydrogen-bond acceptors (Lipinski definition) is 6. The van der Waals surface area contributed by atoms with Crippen molar-refractivity contribution in [1.82, 2.24) is 15.2 Å². The van der Waals surface area contributed by atoms with Gasteiger partial charge in [0.15, 0.2) is 5.69 Å². The quantitative estimate of drug-likeness (QED) is 0.557. The summed E-state index contributed by atoms with van der Waals surface area (Å²) >= 11 is 1.50. The number of aromatic nitrogens is 3. The zero-order valence-electron chi connectivity index (χ0n) is 16.9. The van der Waals surface area contributed by atoms with E-state index in [1.807, 2.05) is 24.3 Å². The zero-order chi connectivity index (χ0) is 21.3. The molecule has 0 spiro atoms. The van der Waals surface area contributed by atoms with Gasteiger partial charge in [-0.2, -0.15) is 4.98 Å². The minimum atomic E-state index is -0.815. The predicted molar refractivity (Wildman–Crippen MR) is 114 cm³/mol. The molecule has 4 rings (SSSR count). The van der Waals surface area contributed by atoms with Gasteiger partial charge in [-0.25, -0.2) is 4.39 Å². The van der Waals surface area contributed by atoms with Crippen molar-refractivity contribution in [2.75, 3.05) is 10.7 Å². The van der Waals surface area contributed by atoms with Crippen LogP contribution in [0.3, 0.4) is 0 Å². The molecule has 1 aliphatic heterocycles. The van der Waals surface area contributed by atoms with Crippen LogP contribution < -0.4 is 9.64 Å². The van der Waals surface area contributed by atoms with Gasteiger partial charge in [-0.15, -0.1) is 10.2 Å². The molecular weight excluding hydrogens is 403 g/mol. The second kappa shape index (κ2) is 8.39. The topological polar surface area (TPSA) is 68.2 Å². The summed E-state index contributed by atoms with van der Waals surface area (Å²) in [5, 5.41) is 9.14. The van der Waals surface area contributed by atoms with E-state index in [1.54, 1.807) is 12.1 Å². The fourth-order valence-corrected chi connectivity index (χ4v) is 3.93. The second-order valence-corrected chi connectivity index (χ2v) is 8.37. The van der Waals surface area contributed by atoms with Crippen LogP contribution in [0.5, 0.6) is 5.88 Å². The first-order chi connectivity index (χ1) is 14.4. The number of para-hydroxylation sites is 1. The summed E-state index contributed by atoms with van der Waals surface area (Å²) in [5.74, 6) is 1.03. The number of benzene rings is 2. The fraction of sp³-hybridized carbons (Fsp3) is 0.273. The molecule has 8 heteroatoms. The molecule has 30 heavy (non-hydrogen) atoms. The standard InChI is InChI=1S/C22H21FN4O2S/c1-13(2)12-30-22-24-20-19(25-26-22)17-6-4-5-7-18(17)27(14(3)28)21(29-20)15-8-10-16(23)11-9-15/h4-11,13,21H,12H2,1-3H3/t21-/m1/s1. The third-order valence-electron chi connectivity index (χ3n) is 4.55. The van der Waals surface area contributed by atoms with Gasteiger partial charge in [-0.05, 0) is 24.1 Å². The molecule has 2 aromatic carbocycles. The highest BCUT2D eigenvalue weighted by Crippen LogP contribution is 2.43. The molecule has 0 aliphatic carbocycles. The highest BCUT2D eigenvalue weighted by atomic mass is 32.2. The molecule has 1 amide bonds. The maximum Gasteiger partial charge on any atom is 0.247 e. The molecule has 1 atom stereocenters. The Hall–Kier alpha value is -3.00. The summed E-state index contributed by atoms with van der Waals surface area (Å²) < 4.78 is 19.8. The Morgan fingerprint density at radius 2 is 1.90 bits per heavy atom. The van der Waals surface area contributed by atoms with Crippen LogP contribution in [0, 0.1) is 11.7 Å². The van der Waals surface area contributed by atoms with Crippen LogP contribution >= 0.6 is 11.8 Å². The molecule has 0 fully saturated rings. The summed E-state index contributed by atoms with van der Waals surface area (Å²) in [4.78, 5) is 18.8. The zero-order valence-corrected chi connectivity index (χ0v) is 17.7.